The van der Waals surface area contributed by atoms with Crippen LogP contribution in [0, 0.1) is 0 Å². The standard InChI is InChI=1S/C21H21N3O4/c1-4-11-28-18-10-9-14(12-19(18)27-3)20(25)22-23-21(26)16-13-24(2)17-8-6-5-7-15(16)17/h4-10,12-13H,1,11H2,2-3H3,(H,22,25)(H,23,26). The number of carbonyl (C=O) groups excluding carboxylic acids is 2. The van der Waals surface area contributed by atoms with Crippen LogP contribution in [0.15, 0.2) is 61.3 Å². The molecular formula is C21H21N3O4. The van der Waals surface area contributed by atoms with Gasteiger partial charge in [-0.1, -0.05) is 30.9 Å². The topological polar surface area (TPSA) is 81.6 Å². The second-order valence-corrected chi connectivity index (χ2v) is 6.04. The molecule has 0 atom stereocenters. The number of nitrogens with one attached hydrogen (secondary N) is 2. The van der Waals surface area contributed by atoms with E-state index in [1.807, 2.05) is 35.9 Å². The molecule has 1 heterocycles. The Hall–Kier alpha value is -3.74. The van der Waals surface area contributed by atoms with Gasteiger partial charge in [-0.2, -0.15) is 0 Å². The number of carbonyl (C=O) groups is 2. The number of amides is 2. The summed E-state index contributed by atoms with van der Waals surface area (Å²) in [5.41, 5.74) is 6.60. The predicted octanol–water partition coefficient (Wildman–Crippen LogP) is 2.83. The molecule has 0 saturated heterocycles. The van der Waals surface area contributed by atoms with Crippen molar-refractivity contribution < 1.29 is 19.1 Å². The molecule has 0 fully saturated rings. The minimum Gasteiger partial charge on any atom is -0.493 e. The lowest BCUT2D eigenvalue weighted by molar-refractivity contribution is 0.0847. The maximum atomic E-state index is 12.5. The van der Waals surface area contributed by atoms with Crippen LogP contribution in [0.1, 0.15) is 20.7 Å². The largest absolute Gasteiger partial charge is 0.493 e. The second-order valence-electron chi connectivity index (χ2n) is 6.04. The van der Waals surface area contributed by atoms with E-state index < -0.39 is 11.8 Å². The van der Waals surface area contributed by atoms with Crippen LogP contribution in [-0.4, -0.2) is 30.1 Å². The lowest BCUT2D eigenvalue weighted by atomic mass is 10.1. The van der Waals surface area contributed by atoms with E-state index in [0.29, 0.717) is 29.2 Å². The molecule has 0 unspecified atom stereocenters. The molecule has 0 aliphatic rings. The molecule has 2 amide bonds. The van der Waals surface area contributed by atoms with Crippen molar-refractivity contribution in [2.75, 3.05) is 13.7 Å². The molecule has 1 aromatic heterocycles. The summed E-state index contributed by atoms with van der Waals surface area (Å²) in [5, 5.41) is 0.808. The summed E-state index contributed by atoms with van der Waals surface area (Å²) in [6, 6.07) is 12.3. The van der Waals surface area contributed by atoms with Gasteiger partial charge in [0.25, 0.3) is 11.8 Å². The van der Waals surface area contributed by atoms with Crippen molar-refractivity contribution in [1.82, 2.24) is 15.4 Å². The van der Waals surface area contributed by atoms with Crippen LogP contribution < -0.4 is 20.3 Å². The van der Waals surface area contributed by atoms with E-state index in [9.17, 15) is 9.59 Å². The molecule has 0 saturated carbocycles. The highest BCUT2D eigenvalue weighted by Gasteiger charge is 2.16. The van der Waals surface area contributed by atoms with Crippen LogP contribution in [0.3, 0.4) is 0 Å². The summed E-state index contributed by atoms with van der Waals surface area (Å²) in [7, 11) is 3.35. The first-order valence-corrected chi connectivity index (χ1v) is 8.61. The molecule has 0 bridgehead atoms. The normalized spacial score (nSPS) is 10.4. The number of benzene rings is 2. The van der Waals surface area contributed by atoms with Crippen molar-refractivity contribution in [3.63, 3.8) is 0 Å². The van der Waals surface area contributed by atoms with Crippen LogP contribution >= 0.6 is 0 Å². The molecule has 0 aliphatic heterocycles. The third kappa shape index (κ3) is 3.83. The number of fused-ring (bicyclic) bond motifs is 1. The van der Waals surface area contributed by atoms with Gasteiger partial charge < -0.3 is 14.0 Å². The van der Waals surface area contributed by atoms with Crippen LogP contribution in [-0.2, 0) is 7.05 Å². The van der Waals surface area contributed by atoms with Gasteiger partial charge in [0.05, 0.1) is 12.7 Å². The lowest BCUT2D eigenvalue weighted by Gasteiger charge is -2.11. The van der Waals surface area contributed by atoms with Gasteiger partial charge in [-0.05, 0) is 24.3 Å². The zero-order valence-corrected chi connectivity index (χ0v) is 15.7. The lowest BCUT2D eigenvalue weighted by Crippen LogP contribution is -2.41. The van der Waals surface area contributed by atoms with Crippen LogP contribution in [0.5, 0.6) is 11.5 Å². The van der Waals surface area contributed by atoms with Gasteiger partial charge in [-0.15, -0.1) is 0 Å². The molecule has 2 aromatic carbocycles. The summed E-state index contributed by atoms with van der Waals surface area (Å²) in [6.45, 7) is 3.91. The number of ether oxygens (including phenoxy) is 2. The van der Waals surface area contributed by atoms with Crippen molar-refractivity contribution >= 4 is 22.7 Å². The maximum Gasteiger partial charge on any atom is 0.271 e. The molecule has 0 radical (unpaired) electrons. The average molecular weight is 379 g/mol. The van der Waals surface area contributed by atoms with Crippen molar-refractivity contribution in [3.05, 3.63) is 72.4 Å². The number of rotatable bonds is 6. The quantitative estimate of drug-likeness (QED) is 0.510. The molecule has 144 valence electrons. The maximum absolute atomic E-state index is 12.5. The Morgan fingerprint density at radius 1 is 1.11 bits per heavy atom. The van der Waals surface area contributed by atoms with Gasteiger partial charge in [-0.25, -0.2) is 0 Å². The predicted molar refractivity (Wildman–Crippen MR) is 107 cm³/mol. The number of para-hydroxylation sites is 1. The molecule has 0 aliphatic carbocycles. The first kappa shape index (κ1) is 19.0. The highest BCUT2D eigenvalue weighted by molar-refractivity contribution is 6.08. The second kappa shape index (κ2) is 8.30. The first-order valence-electron chi connectivity index (χ1n) is 8.61. The van der Waals surface area contributed by atoms with Crippen molar-refractivity contribution in [2.45, 2.75) is 0 Å². The molecule has 3 rings (SSSR count). The Morgan fingerprint density at radius 3 is 2.61 bits per heavy atom. The fraction of sp³-hybridized carbons (Fsp3) is 0.143. The average Bonchev–Trinajstić information content (AvgIpc) is 3.07. The van der Waals surface area contributed by atoms with Crippen molar-refractivity contribution in [3.8, 4) is 11.5 Å². The monoisotopic (exact) mass is 379 g/mol. The van der Waals surface area contributed by atoms with Crippen molar-refractivity contribution in [1.29, 1.82) is 0 Å². The van der Waals surface area contributed by atoms with Gasteiger partial charge in [0.15, 0.2) is 11.5 Å². The number of aryl methyl sites for hydroxylation is 1. The highest BCUT2D eigenvalue weighted by Crippen LogP contribution is 2.28. The van der Waals surface area contributed by atoms with E-state index in [1.54, 1.807) is 24.4 Å². The third-order valence-electron chi connectivity index (χ3n) is 4.21. The Morgan fingerprint density at radius 2 is 1.86 bits per heavy atom. The molecule has 7 nitrogen and oxygen atoms in total. The van der Waals surface area contributed by atoms with Crippen molar-refractivity contribution in [2.24, 2.45) is 7.05 Å². The third-order valence-corrected chi connectivity index (χ3v) is 4.21. The summed E-state index contributed by atoms with van der Waals surface area (Å²) < 4.78 is 12.6. The Kier molecular flexibility index (Phi) is 5.64. The zero-order chi connectivity index (χ0) is 20.1. The SMILES string of the molecule is C=CCOc1ccc(C(=O)NNC(=O)c2cn(C)c3ccccc23)cc1OC. The van der Waals surface area contributed by atoms with E-state index in [-0.39, 0.29) is 0 Å². The van der Waals surface area contributed by atoms with Gasteiger partial charge >= 0.3 is 0 Å². The number of methoxy groups -OCH3 is 1. The Labute approximate surface area is 162 Å². The highest BCUT2D eigenvalue weighted by atomic mass is 16.5. The van der Waals surface area contributed by atoms with E-state index in [2.05, 4.69) is 17.4 Å². The van der Waals surface area contributed by atoms with E-state index in [4.69, 9.17) is 9.47 Å². The summed E-state index contributed by atoms with van der Waals surface area (Å²) in [4.78, 5) is 24.9. The van der Waals surface area contributed by atoms with E-state index in [1.165, 1.54) is 13.2 Å². The molecule has 3 aromatic rings. The Bertz CT molecular complexity index is 1040. The molecule has 7 heteroatoms. The summed E-state index contributed by atoms with van der Waals surface area (Å²) >= 11 is 0. The van der Waals surface area contributed by atoms with Gasteiger partial charge in [0.1, 0.15) is 6.61 Å². The number of aromatic nitrogens is 1. The minimum atomic E-state index is -0.470. The van der Waals surface area contributed by atoms with Crippen LogP contribution in [0.25, 0.3) is 10.9 Å². The van der Waals surface area contributed by atoms with E-state index in [0.717, 1.165) is 10.9 Å². The molecule has 2 N–H and O–H groups in total. The Balaban J connectivity index is 1.71. The van der Waals surface area contributed by atoms with Crippen LogP contribution in [0.4, 0.5) is 0 Å². The molecular weight excluding hydrogens is 358 g/mol. The van der Waals surface area contributed by atoms with Gasteiger partial charge in [0, 0.05) is 29.7 Å². The summed E-state index contributed by atoms with van der Waals surface area (Å²) in [6.07, 6.45) is 3.34. The van der Waals surface area contributed by atoms with Gasteiger partial charge in [0.2, 0.25) is 0 Å². The number of hydrogen-bond donors (Lipinski definition) is 2. The van der Waals surface area contributed by atoms with Gasteiger partial charge in [-0.3, -0.25) is 20.4 Å². The zero-order valence-electron chi connectivity index (χ0n) is 15.7. The smallest absolute Gasteiger partial charge is 0.271 e. The fourth-order valence-corrected chi connectivity index (χ4v) is 2.85. The molecule has 28 heavy (non-hydrogen) atoms. The summed E-state index contributed by atoms with van der Waals surface area (Å²) in [5.74, 6) is 0.0406. The minimum absolute atomic E-state index is 0.320. The number of nitrogens with zero attached hydrogens (tertiary/aromatic N) is 1. The number of hydrogen-bond acceptors (Lipinski definition) is 4. The van der Waals surface area contributed by atoms with Crippen LogP contribution in [0.2, 0.25) is 0 Å². The van der Waals surface area contributed by atoms with E-state index >= 15 is 0 Å². The molecule has 0 spiro atoms. The number of hydrazine groups is 1. The fourth-order valence-electron chi connectivity index (χ4n) is 2.85. The first-order chi connectivity index (χ1) is 13.5.